The molecule has 2 aromatic carbocycles. The highest BCUT2D eigenvalue weighted by Gasteiger charge is 2.40. The van der Waals surface area contributed by atoms with E-state index in [-0.39, 0.29) is 35.2 Å². The molecule has 5 atom stereocenters. The molecule has 0 bridgehead atoms. The molecular formula is C44H55N7O7. The standard InChI is InChI=1S/C44H55N7O7/c1-24(2)37(48-42(54)57-7)40(52)51-20-10-12-36(51)39-45-23-34(47-39)27-14-16-29-28-15-13-26(21-30(28)44(4,5)31(29)22-27)32-17-18-33(46-32)35-11-9-19-50(35)41(53)38(25(3)56-6)49-43(55)58-8/h13-18,21-25,35-38,46H,9-12,19-20H2,1-8H3,(H,45,47)(H,48,54)(H,49,55)/t25-,35?,36+,37+,38?/m1/s1. The van der Waals surface area contributed by atoms with Crippen molar-refractivity contribution < 1.29 is 33.4 Å². The molecule has 2 saturated heterocycles. The smallest absolute Gasteiger partial charge is 0.407 e. The number of nitrogens with one attached hydrogen (secondary N) is 4. The Kier molecular flexibility index (Phi) is 11.4. The first kappa shape index (κ1) is 40.6. The van der Waals surface area contributed by atoms with E-state index in [4.69, 9.17) is 19.2 Å². The zero-order chi connectivity index (χ0) is 41.5. The third-order valence-corrected chi connectivity index (χ3v) is 12.3. The number of likely N-dealkylation sites (tertiary alicyclic amines) is 2. The molecule has 7 rings (SSSR count). The summed E-state index contributed by atoms with van der Waals surface area (Å²) in [6.45, 7) is 11.2. The van der Waals surface area contributed by atoms with Crippen molar-refractivity contribution in [3.8, 4) is 33.6 Å². The van der Waals surface area contributed by atoms with Gasteiger partial charge in [0.05, 0.1) is 44.3 Å². The highest BCUT2D eigenvalue weighted by atomic mass is 16.5. The number of hydrogen-bond acceptors (Lipinski definition) is 8. The number of alkyl carbamates (subject to hydrolysis) is 2. The van der Waals surface area contributed by atoms with Gasteiger partial charge in [-0.25, -0.2) is 14.6 Å². The van der Waals surface area contributed by atoms with Gasteiger partial charge in [-0.1, -0.05) is 52.0 Å². The summed E-state index contributed by atoms with van der Waals surface area (Å²) in [6.07, 6.45) is 3.26. The van der Waals surface area contributed by atoms with Crippen LogP contribution in [-0.4, -0.2) is 101 Å². The van der Waals surface area contributed by atoms with Crippen molar-refractivity contribution >= 4 is 24.0 Å². The van der Waals surface area contributed by atoms with Gasteiger partial charge in [-0.2, -0.15) is 0 Å². The van der Waals surface area contributed by atoms with Crippen molar-refractivity contribution in [1.82, 2.24) is 35.4 Å². The van der Waals surface area contributed by atoms with Crippen LogP contribution in [0.5, 0.6) is 0 Å². The molecule has 2 aliphatic heterocycles. The Hall–Kier alpha value is -5.63. The summed E-state index contributed by atoms with van der Waals surface area (Å²) in [4.78, 5) is 67.2. The molecule has 58 heavy (non-hydrogen) atoms. The van der Waals surface area contributed by atoms with E-state index in [0.717, 1.165) is 59.7 Å². The van der Waals surface area contributed by atoms with Crippen molar-refractivity contribution in [1.29, 1.82) is 0 Å². The highest BCUT2D eigenvalue weighted by Crippen LogP contribution is 2.50. The molecule has 4 amide bonds. The topological polar surface area (TPSA) is 171 Å². The molecule has 0 spiro atoms. The molecule has 4 aromatic rings. The first-order valence-electron chi connectivity index (χ1n) is 20.1. The normalized spacial score (nSPS) is 19.7. The maximum Gasteiger partial charge on any atom is 0.407 e. The lowest BCUT2D eigenvalue weighted by molar-refractivity contribution is -0.137. The van der Waals surface area contributed by atoms with Crippen LogP contribution in [0.15, 0.2) is 54.7 Å². The number of aromatic amines is 2. The zero-order valence-corrected chi connectivity index (χ0v) is 34.6. The van der Waals surface area contributed by atoms with Crippen LogP contribution in [0.4, 0.5) is 9.59 Å². The number of aromatic nitrogens is 3. The molecule has 2 aromatic heterocycles. The second kappa shape index (κ2) is 16.3. The Morgan fingerprint density at radius 1 is 0.741 bits per heavy atom. The fourth-order valence-electron chi connectivity index (χ4n) is 8.93. The Labute approximate surface area is 339 Å². The maximum atomic E-state index is 13.8. The molecule has 0 radical (unpaired) electrons. The van der Waals surface area contributed by atoms with Crippen LogP contribution in [-0.2, 0) is 29.2 Å². The molecule has 308 valence electrons. The van der Waals surface area contributed by atoms with Crippen LogP contribution in [0.1, 0.15) is 95.0 Å². The minimum absolute atomic E-state index is 0.113. The van der Waals surface area contributed by atoms with Crippen molar-refractivity contribution in [3.63, 3.8) is 0 Å². The molecule has 2 unspecified atom stereocenters. The average Bonchev–Trinajstić information content (AvgIpc) is 4.08. The molecule has 2 fully saturated rings. The van der Waals surface area contributed by atoms with Crippen LogP contribution < -0.4 is 10.6 Å². The van der Waals surface area contributed by atoms with E-state index in [0.29, 0.717) is 13.1 Å². The Bertz CT molecular complexity index is 2190. The van der Waals surface area contributed by atoms with Gasteiger partial charge in [0.2, 0.25) is 11.8 Å². The number of amides is 4. The van der Waals surface area contributed by atoms with Crippen molar-refractivity contribution in [3.05, 3.63) is 77.4 Å². The maximum absolute atomic E-state index is 13.8. The van der Waals surface area contributed by atoms with Gasteiger partial charge in [0, 0.05) is 37.0 Å². The number of carbonyl (C=O) groups excluding carboxylic acids is 4. The largest absolute Gasteiger partial charge is 0.453 e. The molecule has 0 saturated carbocycles. The van der Waals surface area contributed by atoms with Crippen LogP contribution in [0.2, 0.25) is 0 Å². The van der Waals surface area contributed by atoms with Gasteiger partial charge in [-0.15, -0.1) is 0 Å². The number of carbonyl (C=O) groups is 4. The van der Waals surface area contributed by atoms with Gasteiger partial charge < -0.3 is 44.6 Å². The predicted molar refractivity (Wildman–Crippen MR) is 219 cm³/mol. The Balaban J connectivity index is 1.09. The van der Waals surface area contributed by atoms with Gasteiger partial charge in [0.25, 0.3) is 0 Å². The number of rotatable bonds is 11. The van der Waals surface area contributed by atoms with E-state index in [1.54, 1.807) is 6.92 Å². The molecule has 14 nitrogen and oxygen atoms in total. The van der Waals surface area contributed by atoms with E-state index in [1.165, 1.54) is 43.6 Å². The number of H-pyrrole nitrogens is 2. The van der Waals surface area contributed by atoms with Crippen LogP contribution in [0.3, 0.4) is 0 Å². The zero-order valence-electron chi connectivity index (χ0n) is 34.6. The predicted octanol–water partition coefficient (Wildman–Crippen LogP) is 6.85. The summed E-state index contributed by atoms with van der Waals surface area (Å²) in [6, 6.07) is 15.3. The SMILES string of the molecule is COC(=O)NC(C(=O)N1CCCC1c1ccc(-c2ccc3c(c2)C(C)(C)c2cc(-c4cnc([C@@H]5CCCN5C(=O)[C@@H](NC(=O)OC)C(C)C)[nH]4)ccc2-3)[nH]1)[C@@H](C)OC. The molecule has 4 N–H and O–H groups in total. The summed E-state index contributed by atoms with van der Waals surface area (Å²) in [5, 5.41) is 5.37. The first-order chi connectivity index (χ1) is 27.8. The Morgan fingerprint density at radius 3 is 1.88 bits per heavy atom. The van der Waals surface area contributed by atoms with E-state index < -0.39 is 30.4 Å². The van der Waals surface area contributed by atoms with Crippen molar-refractivity contribution in [2.24, 2.45) is 5.92 Å². The van der Waals surface area contributed by atoms with E-state index >= 15 is 0 Å². The van der Waals surface area contributed by atoms with Crippen molar-refractivity contribution in [2.45, 2.75) is 96.0 Å². The van der Waals surface area contributed by atoms with Gasteiger partial charge in [-0.05, 0) is 96.2 Å². The van der Waals surface area contributed by atoms with Crippen molar-refractivity contribution in [2.75, 3.05) is 34.4 Å². The Morgan fingerprint density at radius 2 is 1.29 bits per heavy atom. The fraction of sp³-hybridized carbons (Fsp3) is 0.477. The monoisotopic (exact) mass is 793 g/mol. The number of hydrogen-bond donors (Lipinski definition) is 4. The van der Waals surface area contributed by atoms with Gasteiger partial charge in [-0.3, -0.25) is 9.59 Å². The van der Waals surface area contributed by atoms with Crippen LogP contribution in [0, 0.1) is 5.92 Å². The third kappa shape index (κ3) is 7.45. The number of benzene rings is 2. The summed E-state index contributed by atoms with van der Waals surface area (Å²) in [7, 11) is 4.08. The molecule has 14 heteroatoms. The quantitative estimate of drug-likeness (QED) is 0.128. The summed E-state index contributed by atoms with van der Waals surface area (Å²) >= 11 is 0. The van der Waals surface area contributed by atoms with E-state index in [9.17, 15) is 19.2 Å². The number of methoxy groups -OCH3 is 3. The summed E-state index contributed by atoms with van der Waals surface area (Å²) in [5.41, 5.74) is 9.36. The lowest BCUT2D eigenvalue weighted by atomic mass is 9.81. The lowest BCUT2D eigenvalue weighted by Gasteiger charge is -2.31. The van der Waals surface area contributed by atoms with Crippen LogP contribution >= 0.6 is 0 Å². The summed E-state index contributed by atoms with van der Waals surface area (Å²) in [5.74, 6) is 0.269. The van der Waals surface area contributed by atoms with Gasteiger partial charge >= 0.3 is 12.2 Å². The molecule has 4 heterocycles. The number of nitrogens with zero attached hydrogens (tertiary/aromatic N) is 3. The van der Waals surface area contributed by atoms with E-state index in [2.05, 4.69) is 83.0 Å². The van der Waals surface area contributed by atoms with Gasteiger partial charge in [0.1, 0.15) is 17.9 Å². The first-order valence-corrected chi connectivity index (χ1v) is 20.1. The van der Waals surface area contributed by atoms with Crippen LogP contribution in [0.25, 0.3) is 33.6 Å². The third-order valence-electron chi connectivity index (χ3n) is 12.3. The van der Waals surface area contributed by atoms with Gasteiger partial charge in [0.15, 0.2) is 0 Å². The van der Waals surface area contributed by atoms with E-state index in [1.807, 2.05) is 29.8 Å². The minimum Gasteiger partial charge on any atom is -0.453 e. The second-order valence-electron chi connectivity index (χ2n) is 16.4. The summed E-state index contributed by atoms with van der Waals surface area (Å²) < 4.78 is 15.0. The highest BCUT2D eigenvalue weighted by molar-refractivity contribution is 5.88. The average molecular weight is 794 g/mol. The number of imidazole rings is 1. The lowest BCUT2D eigenvalue weighted by Crippen LogP contribution is -2.54. The molecular weight excluding hydrogens is 739 g/mol. The molecule has 3 aliphatic rings. The number of fused-ring (bicyclic) bond motifs is 3. The minimum atomic E-state index is -0.877. The molecule has 1 aliphatic carbocycles. The second-order valence-corrected chi connectivity index (χ2v) is 16.4. The fourth-order valence-corrected chi connectivity index (χ4v) is 8.93. The number of ether oxygens (including phenoxy) is 3.